The molecule has 0 N–H and O–H groups in total. The summed E-state index contributed by atoms with van der Waals surface area (Å²) in [4.78, 5) is 4.53. The molecule has 282 valence electrons. The van der Waals surface area contributed by atoms with Crippen LogP contribution in [0, 0.1) is 11.3 Å². The zero-order chi connectivity index (χ0) is 40.1. The molecule has 0 aliphatic carbocycles. The fourth-order valence-corrected chi connectivity index (χ4v) is 7.05. The maximum Gasteiger partial charge on any atom is 0.416 e. The van der Waals surface area contributed by atoms with E-state index >= 15 is 0 Å². The van der Waals surface area contributed by atoms with Gasteiger partial charge < -0.3 is 9.13 Å². The van der Waals surface area contributed by atoms with Crippen LogP contribution in [0.5, 0.6) is 0 Å². The quantitative estimate of drug-likeness (QED) is 0.168. The zero-order valence-electron chi connectivity index (χ0n) is 27.7. The van der Waals surface area contributed by atoms with Crippen LogP contribution in [0.1, 0.15) is 27.8 Å². The average Bonchev–Trinajstić information content (AvgIpc) is 3.64. The number of halogens is 12. The first kappa shape index (κ1) is 36.5. The molecule has 0 unspecified atom stereocenters. The number of hydrogen-bond acceptors (Lipinski definition) is 2. The molecule has 8 aromatic rings. The normalized spacial score (nSPS) is 13.0. The van der Waals surface area contributed by atoms with Gasteiger partial charge >= 0.3 is 24.7 Å². The Morgan fingerprint density at radius 3 is 1.18 bits per heavy atom. The van der Waals surface area contributed by atoms with E-state index in [4.69, 9.17) is 0 Å². The van der Waals surface area contributed by atoms with E-state index in [-0.39, 0.29) is 71.8 Å². The first-order valence-corrected chi connectivity index (χ1v) is 16.2. The van der Waals surface area contributed by atoms with Crippen molar-refractivity contribution in [2.75, 3.05) is 0 Å². The van der Waals surface area contributed by atoms with Crippen molar-refractivity contribution < 1.29 is 52.7 Å². The molecule has 56 heavy (non-hydrogen) atoms. The van der Waals surface area contributed by atoms with E-state index in [0.717, 1.165) is 72.8 Å². The number of nitriles is 1. The smallest absolute Gasteiger partial charge is 0.309 e. The van der Waals surface area contributed by atoms with E-state index < -0.39 is 47.0 Å². The Labute approximate surface area is 306 Å². The van der Waals surface area contributed by atoms with Crippen LogP contribution in [0.15, 0.2) is 109 Å². The second-order valence-corrected chi connectivity index (χ2v) is 12.8. The van der Waals surface area contributed by atoms with E-state index in [2.05, 4.69) is 4.98 Å². The molecule has 0 fully saturated rings. The summed E-state index contributed by atoms with van der Waals surface area (Å²) in [6.07, 6.45) is -18.1. The molecule has 0 radical (unpaired) electrons. The van der Waals surface area contributed by atoms with Gasteiger partial charge in [-0.05, 0) is 103 Å². The fourth-order valence-electron chi connectivity index (χ4n) is 7.05. The summed E-state index contributed by atoms with van der Waals surface area (Å²) in [7, 11) is 0. The van der Waals surface area contributed by atoms with E-state index in [9.17, 15) is 57.9 Å². The van der Waals surface area contributed by atoms with Crippen LogP contribution in [0.3, 0.4) is 0 Å². The van der Waals surface area contributed by atoms with Crippen LogP contribution in [-0.2, 0) is 24.7 Å². The number of rotatable bonds is 3. The van der Waals surface area contributed by atoms with Gasteiger partial charge in [-0.25, -0.2) is 0 Å². The van der Waals surface area contributed by atoms with Crippen molar-refractivity contribution in [2.24, 2.45) is 0 Å². The van der Waals surface area contributed by atoms with Gasteiger partial charge in [0.05, 0.1) is 73.0 Å². The number of nitrogens with zero attached hydrogens (tertiary/aromatic N) is 4. The molecule has 0 saturated carbocycles. The molecule has 0 spiro atoms. The Morgan fingerprint density at radius 1 is 0.446 bits per heavy atom. The minimum atomic E-state index is -4.85. The number of alkyl halides is 12. The predicted octanol–water partition coefficient (Wildman–Crippen LogP) is 12.9. The molecule has 0 atom stereocenters. The number of benzene rings is 5. The van der Waals surface area contributed by atoms with Crippen molar-refractivity contribution in [1.29, 1.82) is 5.26 Å². The van der Waals surface area contributed by atoms with Gasteiger partial charge in [-0.2, -0.15) is 57.9 Å². The van der Waals surface area contributed by atoms with Gasteiger partial charge in [0.25, 0.3) is 0 Å². The van der Waals surface area contributed by atoms with Crippen LogP contribution >= 0.6 is 0 Å². The number of fused-ring (bicyclic) bond motifs is 6. The SMILES string of the molecule is N#Cc1ccc(-n2c3ccc(C(F)(F)F)cc3c3cc(C(F)(F)F)ccc32)c(-c2ncccc2-n2c3ccc(C(F)(F)F)cc3c3cc(C(F)(F)F)ccc32)c1. The van der Waals surface area contributed by atoms with Crippen molar-refractivity contribution >= 4 is 43.6 Å². The second-order valence-electron chi connectivity index (χ2n) is 12.8. The largest absolute Gasteiger partial charge is 0.416 e. The second kappa shape index (κ2) is 12.3. The average molecular weight is 783 g/mol. The summed E-state index contributed by atoms with van der Waals surface area (Å²) in [6.45, 7) is 0. The van der Waals surface area contributed by atoms with Crippen LogP contribution in [0.25, 0.3) is 66.2 Å². The van der Waals surface area contributed by atoms with Gasteiger partial charge in [-0.3, -0.25) is 4.98 Å². The minimum Gasteiger partial charge on any atom is -0.309 e. The summed E-state index contributed by atoms with van der Waals surface area (Å²) < 4.78 is 170. The highest BCUT2D eigenvalue weighted by Crippen LogP contribution is 2.44. The maximum absolute atomic E-state index is 13.9. The van der Waals surface area contributed by atoms with Crippen molar-refractivity contribution in [3.63, 3.8) is 0 Å². The molecule has 0 aliphatic heterocycles. The van der Waals surface area contributed by atoms with Gasteiger partial charge in [-0.1, -0.05) is 0 Å². The van der Waals surface area contributed by atoms with Crippen LogP contribution in [0.4, 0.5) is 52.7 Å². The molecule has 0 bridgehead atoms. The van der Waals surface area contributed by atoms with Crippen molar-refractivity contribution in [1.82, 2.24) is 14.1 Å². The molecule has 4 nitrogen and oxygen atoms in total. The number of aromatic nitrogens is 3. The lowest BCUT2D eigenvalue weighted by Gasteiger charge is -2.18. The van der Waals surface area contributed by atoms with E-state index in [1.54, 1.807) is 0 Å². The Hall–Kier alpha value is -6.50. The molecule has 0 aliphatic rings. The molecular formula is C40H18F12N4. The van der Waals surface area contributed by atoms with E-state index in [0.29, 0.717) is 0 Å². The fraction of sp³-hybridized carbons (Fsp3) is 0.100. The Morgan fingerprint density at radius 2 is 0.821 bits per heavy atom. The molecule has 0 saturated heterocycles. The third-order valence-corrected chi connectivity index (χ3v) is 9.49. The number of hydrogen-bond donors (Lipinski definition) is 0. The monoisotopic (exact) mass is 782 g/mol. The number of pyridine rings is 1. The summed E-state index contributed by atoms with van der Waals surface area (Å²) in [5.41, 5.74) is -3.87. The maximum atomic E-state index is 13.9. The Bertz CT molecular complexity index is 2790. The molecule has 5 aromatic carbocycles. The Kier molecular flexibility index (Phi) is 7.98. The first-order chi connectivity index (χ1) is 26.3. The molecule has 16 heteroatoms. The standard InChI is InChI=1S/C40H18F12N4/c41-37(42,43)21-4-9-30-25(15-21)26-16-22(38(44,45)46)5-10-31(26)55(30)34-8-3-20(19-53)14-29(34)36-35(2-1-13-54-36)56-32-11-6-23(39(47,48)49)17-27(32)28-18-24(40(50,51)52)7-12-33(28)56/h1-18H. The van der Waals surface area contributed by atoms with Gasteiger partial charge in [0.2, 0.25) is 0 Å². The molecule has 3 heterocycles. The van der Waals surface area contributed by atoms with Crippen LogP contribution in [-0.4, -0.2) is 14.1 Å². The van der Waals surface area contributed by atoms with E-state index in [1.807, 2.05) is 6.07 Å². The zero-order valence-corrected chi connectivity index (χ0v) is 27.7. The lowest BCUT2D eigenvalue weighted by Crippen LogP contribution is -2.06. The van der Waals surface area contributed by atoms with Crippen LogP contribution in [0.2, 0.25) is 0 Å². The highest BCUT2D eigenvalue weighted by atomic mass is 19.4. The topological polar surface area (TPSA) is 46.5 Å². The van der Waals surface area contributed by atoms with Crippen molar-refractivity contribution in [3.05, 3.63) is 137 Å². The summed E-state index contributed by atoms with van der Waals surface area (Å²) in [5, 5.41) is 9.22. The summed E-state index contributed by atoms with van der Waals surface area (Å²) >= 11 is 0. The van der Waals surface area contributed by atoms with Gasteiger partial charge in [0.15, 0.2) is 0 Å². The molecular weight excluding hydrogens is 764 g/mol. The van der Waals surface area contributed by atoms with E-state index in [1.165, 1.54) is 45.7 Å². The highest BCUT2D eigenvalue weighted by Gasteiger charge is 2.35. The lowest BCUT2D eigenvalue weighted by atomic mass is 10.0. The Balaban J connectivity index is 1.46. The van der Waals surface area contributed by atoms with Crippen molar-refractivity contribution in [2.45, 2.75) is 24.7 Å². The van der Waals surface area contributed by atoms with Crippen molar-refractivity contribution in [3.8, 4) is 28.7 Å². The summed E-state index contributed by atoms with van der Waals surface area (Å²) in [5.74, 6) is 0. The van der Waals surface area contributed by atoms with Crippen LogP contribution < -0.4 is 0 Å². The highest BCUT2D eigenvalue weighted by molar-refractivity contribution is 6.12. The third kappa shape index (κ3) is 5.94. The van der Waals surface area contributed by atoms with Gasteiger partial charge in [-0.15, -0.1) is 0 Å². The lowest BCUT2D eigenvalue weighted by molar-refractivity contribution is -0.138. The molecule has 8 rings (SSSR count). The minimum absolute atomic E-state index is 0.0204. The first-order valence-electron chi connectivity index (χ1n) is 16.2. The predicted molar refractivity (Wildman–Crippen MR) is 183 cm³/mol. The molecule has 0 amide bonds. The third-order valence-electron chi connectivity index (χ3n) is 9.49. The van der Waals surface area contributed by atoms with Gasteiger partial charge in [0, 0.05) is 33.3 Å². The summed E-state index contributed by atoms with van der Waals surface area (Å²) in [6, 6.07) is 19.4. The molecule has 3 aromatic heterocycles. The van der Waals surface area contributed by atoms with Gasteiger partial charge in [0.1, 0.15) is 0 Å².